The van der Waals surface area contributed by atoms with Crippen LogP contribution in [-0.4, -0.2) is 35.8 Å². The lowest BCUT2D eigenvalue weighted by atomic mass is 9.93. The number of nitrogens with zero attached hydrogens (tertiary/aromatic N) is 2. The van der Waals surface area contributed by atoms with Gasteiger partial charge in [0.15, 0.2) is 0 Å². The van der Waals surface area contributed by atoms with Crippen molar-refractivity contribution >= 4 is 17.5 Å². The van der Waals surface area contributed by atoms with Crippen LogP contribution < -0.4 is 10.6 Å². The molecular weight excluding hydrogens is 381 g/mol. The molecule has 2 aromatic carbocycles. The summed E-state index contributed by atoms with van der Waals surface area (Å²) in [5.74, 6) is -0.755. The number of hydrogen-bond donors (Lipinski definition) is 1. The van der Waals surface area contributed by atoms with Crippen LogP contribution >= 0.6 is 0 Å². The average Bonchev–Trinajstić information content (AvgIpc) is 2.76. The Morgan fingerprint density at radius 2 is 1.63 bits per heavy atom. The fourth-order valence-corrected chi connectivity index (χ4v) is 4.07. The van der Waals surface area contributed by atoms with E-state index in [1.165, 1.54) is 18.6 Å². The van der Waals surface area contributed by atoms with E-state index in [0.29, 0.717) is 12.6 Å². The molecule has 30 heavy (non-hydrogen) atoms. The molecule has 0 aromatic heterocycles. The number of benzene rings is 2. The minimum Gasteiger partial charge on any atom is -0.370 e. The largest absolute Gasteiger partial charge is 0.370 e. The van der Waals surface area contributed by atoms with Crippen LogP contribution in [0.5, 0.6) is 0 Å². The predicted molar refractivity (Wildman–Crippen MR) is 116 cm³/mol. The van der Waals surface area contributed by atoms with E-state index in [-0.39, 0.29) is 31.2 Å². The Kier molecular flexibility index (Phi) is 7.97. The average molecular weight is 412 g/mol. The second-order valence-electron chi connectivity index (χ2n) is 7.92. The van der Waals surface area contributed by atoms with E-state index in [1.54, 1.807) is 17.0 Å². The van der Waals surface area contributed by atoms with Gasteiger partial charge in [-0.05, 0) is 42.7 Å². The van der Waals surface area contributed by atoms with Gasteiger partial charge in [-0.3, -0.25) is 14.5 Å². The number of para-hydroxylation sites is 1. The van der Waals surface area contributed by atoms with Gasteiger partial charge >= 0.3 is 0 Å². The molecule has 0 spiro atoms. The van der Waals surface area contributed by atoms with Crippen molar-refractivity contribution in [3.63, 3.8) is 0 Å². The highest BCUT2D eigenvalue weighted by Gasteiger charge is 2.26. The quantitative estimate of drug-likeness (QED) is 0.681. The summed E-state index contributed by atoms with van der Waals surface area (Å²) in [6.45, 7) is 1.10. The van der Waals surface area contributed by atoms with Gasteiger partial charge in [0.2, 0.25) is 11.8 Å². The second kappa shape index (κ2) is 10.9. The lowest BCUT2D eigenvalue weighted by Crippen LogP contribution is -2.45. The number of anilines is 1. The van der Waals surface area contributed by atoms with Crippen molar-refractivity contribution in [2.24, 2.45) is 5.73 Å². The molecule has 0 saturated heterocycles. The van der Waals surface area contributed by atoms with E-state index in [9.17, 15) is 14.0 Å². The molecule has 1 aliphatic rings. The second-order valence-corrected chi connectivity index (χ2v) is 7.92. The summed E-state index contributed by atoms with van der Waals surface area (Å²) in [5, 5.41) is 0. The van der Waals surface area contributed by atoms with E-state index >= 15 is 0 Å². The topological polar surface area (TPSA) is 66.6 Å². The molecule has 2 N–H and O–H groups in total. The van der Waals surface area contributed by atoms with Crippen molar-refractivity contribution in [3.05, 3.63) is 66.0 Å². The van der Waals surface area contributed by atoms with Crippen LogP contribution in [0.2, 0.25) is 0 Å². The summed E-state index contributed by atoms with van der Waals surface area (Å²) in [4.78, 5) is 28.5. The number of nitrogens with two attached hydrogens (primary N) is 1. The van der Waals surface area contributed by atoms with E-state index in [4.69, 9.17) is 5.73 Å². The highest BCUT2D eigenvalue weighted by Crippen LogP contribution is 2.25. The Balaban J connectivity index is 1.78. The Hall–Kier alpha value is -2.73. The zero-order valence-electron chi connectivity index (χ0n) is 17.3. The molecule has 6 heteroatoms. The maximum atomic E-state index is 13.3. The summed E-state index contributed by atoms with van der Waals surface area (Å²) < 4.78 is 13.3. The number of rotatable bonds is 9. The highest BCUT2D eigenvalue weighted by atomic mass is 19.1. The molecule has 2 amide bonds. The van der Waals surface area contributed by atoms with E-state index in [1.807, 2.05) is 30.3 Å². The number of halogens is 1. The number of carbonyl (C=O) groups is 2. The van der Waals surface area contributed by atoms with Gasteiger partial charge in [0.1, 0.15) is 5.82 Å². The Morgan fingerprint density at radius 3 is 2.27 bits per heavy atom. The molecular formula is C24H30FN3O2. The third-order valence-electron chi connectivity index (χ3n) is 5.68. The molecule has 2 aromatic rings. The molecule has 160 valence electrons. The molecule has 1 aliphatic carbocycles. The van der Waals surface area contributed by atoms with Crippen LogP contribution in [0.25, 0.3) is 0 Å². The van der Waals surface area contributed by atoms with Gasteiger partial charge in [0, 0.05) is 31.2 Å². The van der Waals surface area contributed by atoms with E-state index in [2.05, 4.69) is 4.90 Å². The monoisotopic (exact) mass is 411 g/mol. The van der Waals surface area contributed by atoms with Crippen molar-refractivity contribution in [1.82, 2.24) is 4.90 Å². The van der Waals surface area contributed by atoms with Crippen molar-refractivity contribution in [2.45, 2.75) is 51.1 Å². The van der Waals surface area contributed by atoms with Crippen LogP contribution in [0.4, 0.5) is 10.1 Å². The third kappa shape index (κ3) is 6.39. The molecule has 0 bridgehead atoms. The van der Waals surface area contributed by atoms with E-state index in [0.717, 1.165) is 36.9 Å². The highest BCUT2D eigenvalue weighted by molar-refractivity contribution is 5.95. The lowest BCUT2D eigenvalue weighted by Gasteiger charge is -2.35. The first-order valence-corrected chi connectivity index (χ1v) is 10.6. The van der Waals surface area contributed by atoms with Crippen LogP contribution in [0.3, 0.4) is 0 Å². The molecule has 0 radical (unpaired) electrons. The minimum absolute atomic E-state index is 0.0601. The van der Waals surface area contributed by atoms with Crippen molar-refractivity contribution in [3.8, 4) is 0 Å². The Labute approximate surface area is 177 Å². The van der Waals surface area contributed by atoms with Gasteiger partial charge in [-0.25, -0.2) is 4.39 Å². The maximum Gasteiger partial charge on any atom is 0.241 e. The van der Waals surface area contributed by atoms with Gasteiger partial charge in [-0.15, -0.1) is 0 Å². The summed E-state index contributed by atoms with van der Waals surface area (Å²) in [5.41, 5.74) is 7.08. The van der Waals surface area contributed by atoms with Gasteiger partial charge in [0.25, 0.3) is 0 Å². The summed E-state index contributed by atoms with van der Waals surface area (Å²) >= 11 is 0. The molecule has 0 atom stereocenters. The zero-order chi connectivity index (χ0) is 21.3. The molecule has 0 unspecified atom stereocenters. The standard InChI is InChI=1S/C24H30FN3O2/c25-20-13-11-19(12-14-20)17-27(21-7-3-1-4-8-21)18-24(30)28(16-15-23(26)29)22-9-5-2-6-10-22/h2,5-6,9-14,21H,1,3-4,7-8,15-18H2,(H2,26,29). The predicted octanol–water partition coefficient (Wildman–Crippen LogP) is 3.87. The van der Waals surface area contributed by atoms with Gasteiger partial charge in [-0.2, -0.15) is 0 Å². The van der Waals surface area contributed by atoms with Gasteiger partial charge < -0.3 is 10.6 Å². The Bertz CT molecular complexity index is 820. The molecule has 0 heterocycles. The summed E-state index contributed by atoms with van der Waals surface area (Å²) in [6.07, 6.45) is 5.76. The fraction of sp³-hybridized carbons (Fsp3) is 0.417. The van der Waals surface area contributed by atoms with Crippen molar-refractivity contribution in [2.75, 3.05) is 18.0 Å². The number of amides is 2. The molecule has 5 nitrogen and oxygen atoms in total. The molecule has 3 rings (SSSR count). The van der Waals surface area contributed by atoms with Crippen LogP contribution in [0, 0.1) is 5.82 Å². The van der Waals surface area contributed by atoms with Gasteiger partial charge in [-0.1, -0.05) is 49.6 Å². The van der Waals surface area contributed by atoms with Crippen LogP contribution in [-0.2, 0) is 16.1 Å². The van der Waals surface area contributed by atoms with Crippen molar-refractivity contribution in [1.29, 1.82) is 0 Å². The molecule has 1 saturated carbocycles. The van der Waals surface area contributed by atoms with Crippen LogP contribution in [0.1, 0.15) is 44.1 Å². The minimum atomic E-state index is -0.431. The lowest BCUT2D eigenvalue weighted by molar-refractivity contribution is -0.121. The van der Waals surface area contributed by atoms with E-state index < -0.39 is 5.91 Å². The number of hydrogen-bond acceptors (Lipinski definition) is 3. The zero-order valence-corrected chi connectivity index (χ0v) is 17.3. The molecule has 0 aliphatic heterocycles. The fourth-order valence-electron chi connectivity index (χ4n) is 4.07. The first-order chi connectivity index (χ1) is 14.5. The number of carbonyl (C=O) groups excluding carboxylic acids is 2. The van der Waals surface area contributed by atoms with Crippen LogP contribution in [0.15, 0.2) is 54.6 Å². The molecule has 1 fully saturated rings. The SMILES string of the molecule is NC(=O)CCN(C(=O)CN(Cc1ccc(F)cc1)C1CCCCC1)c1ccccc1. The summed E-state index contributed by atoms with van der Waals surface area (Å²) in [6, 6.07) is 16.2. The third-order valence-corrected chi connectivity index (χ3v) is 5.68. The normalized spacial score (nSPS) is 14.6. The smallest absolute Gasteiger partial charge is 0.241 e. The number of primary amides is 1. The van der Waals surface area contributed by atoms with Crippen molar-refractivity contribution < 1.29 is 14.0 Å². The Morgan fingerprint density at radius 1 is 0.967 bits per heavy atom. The summed E-state index contributed by atoms with van der Waals surface area (Å²) in [7, 11) is 0. The first-order valence-electron chi connectivity index (χ1n) is 10.6. The maximum absolute atomic E-state index is 13.3. The first kappa shape index (κ1) is 22.0. The van der Waals surface area contributed by atoms with Gasteiger partial charge in [0.05, 0.1) is 6.54 Å².